The smallest absolute Gasteiger partial charge is 0.338 e. The predicted molar refractivity (Wildman–Crippen MR) is 69.2 cm³/mol. The third kappa shape index (κ3) is 3.75. The van der Waals surface area contributed by atoms with Gasteiger partial charge in [-0.1, -0.05) is 0 Å². The zero-order chi connectivity index (χ0) is 14.5. The van der Waals surface area contributed by atoms with Crippen LogP contribution in [-0.2, 0) is 9.53 Å². The molecule has 0 aromatic heterocycles. The first-order valence-electron chi connectivity index (χ1n) is 6.21. The molecule has 2 rings (SSSR count). The summed E-state index contributed by atoms with van der Waals surface area (Å²) in [5.74, 6) is -2.53. The normalized spacial score (nSPS) is 18.6. The molecule has 0 aliphatic carbocycles. The Kier molecular flexibility index (Phi) is 4.65. The summed E-state index contributed by atoms with van der Waals surface area (Å²) in [7, 11) is 0. The fraction of sp³-hybridized carbons (Fsp3) is 0.385. The maximum absolute atomic E-state index is 13.4. The number of carbonyl (C=O) groups is 2. The molecule has 0 bridgehead atoms. The van der Waals surface area contributed by atoms with E-state index in [1.165, 1.54) is 6.07 Å². The number of morpholine rings is 1. The van der Waals surface area contributed by atoms with Crippen LogP contribution in [0.25, 0.3) is 0 Å². The van der Waals surface area contributed by atoms with Crippen molar-refractivity contribution < 1.29 is 23.8 Å². The minimum Gasteiger partial charge on any atom is -0.478 e. The number of halogens is 1. The number of anilines is 1. The highest BCUT2D eigenvalue weighted by Gasteiger charge is 2.18. The number of aromatic carboxylic acids is 1. The van der Waals surface area contributed by atoms with E-state index in [1.54, 1.807) is 0 Å². The van der Waals surface area contributed by atoms with Crippen molar-refractivity contribution in [2.75, 3.05) is 25.0 Å². The summed E-state index contributed by atoms with van der Waals surface area (Å²) >= 11 is 0. The number of hydrogen-bond acceptors (Lipinski definition) is 4. The van der Waals surface area contributed by atoms with E-state index in [4.69, 9.17) is 9.84 Å². The Balaban J connectivity index is 1.93. The highest BCUT2D eigenvalue weighted by atomic mass is 19.1. The number of carboxylic acid groups (broad SMARTS) is 1. The van der Waals surface area contributed by atoms with Gasteiger partial charge < -0.3 is 20.5 Å². The highest BCUT2D eigenvalue weighted by Crippen LogP contribution is 2.15. The van der Waals surface area contributed by atoms with Crippen molar-refractivity contribution in [1.29, 1.82) is 0 Å². The van der Waals surface area contributed by atoms with Gasteiger partial charge in [-0.15, -0.1) is 0 Å². The van der Waals surface area contributed by atoms with Gasteiger partial charge in [0.2, 0.25) is 5.91 Å². The topological polar surface area (TPSA) is 87.7 Å². The fourth-order valence-electron chi connectivity index (χ4n) is 1.94. The van der Waals surface area contributed by atoms with Gasteiger partial charge in [0.15, 0.2) is 0 Å². The number of hydrogen-bond donors (Lipinski definition) is 3. The lowest BCUT2D eigenvalue weighted by molar-refractivity contribution is -0.119. The number of benzene rings is 1. The van der Waals surface area contributed by atoms with Crippen molar-refractivity contribution in [2.24, 2.45) is 0 Å². The number of carbonyl (C=O) groups excluding carboxylic acids is 1. The quantitative estimate of drug-likeness (QED) is 0.761. The van der Waals surface area contributed by atoms with Crippen molar-refractivity contribution in [1.82, 2.24) is 5.32 Å². The third-order valence-electron chi connectivity index (χ3n) is 2.90. The van der Waals surface area contributed by atoms with Crippen LogP contribution in [0, 0.1) is 5.82 Å². The van der Waals surface area contributed by atoms with E-state index in [1.807, 2.05) is 0 Å². The van der Waals surface area contributed by atoms with Crippen LogP contribution < -0.4 is 10.6 Å². The molecule has 0 spiro atoms. The molecule has 1 amide bonds. The molecule has 1 heterocycles. The average Bonchev–Trinajstić information content (AvgIpc) is 2.39. The van der Waals surface area contributed by atoms with Crippen LogP contribution in [0.5, 0.6) is 0 Å². The third-order valence-corrected chi connectivity index (χ3v) is 2.90. The molecule has 1 atom stereocenters. The number of ether oxygens (including phenoxy) is 1. The van der Waals surface area contributed by atoms with Crippen molar-refractivity contribution in [2.45, 2.75) is 12.5 Å². The summed E-state index contributed by atoms with van der Waals surface area (Å²) in [5, 5.41) is 14.3. The molecular formula is C13H15FN2O4. The number of nitrogens with one attached hydrogen (secondary N) is 2. The summed E-state index contributed by atoms with van der Waals surface area (Å²) in [4.78, 5) is 22.4. The van der Waals surface area contributed by atoms with E-state index >= 15 is 0 Å². The Hall–Kier alpha value is -1.99. The van der Waals surface area contributed by atoms with Crippen LogP contribution in [-0.4, -0.2) is 42.8 Å². The Labute approximate surface area is 114 Å². The zero-order valence-electron chi connectivity index (χ0n) is 10.7. The fourth-order valence-corrected chi connectivity index (χ4v) is 1.94. The van der Waals surface area contributed by atoms with Crippen LogP contribution >= 0.6 is 0 Å². The summed E-state index contributed by atoms with van der Waals surface area (Å²) in [6, 6.07) is 3.46. The number of carboxylic acids is 1. The van der Waals surface area contributed by atoms with Crippen LogP contribution in [0.2, 0.25) is 0 Å². The number of amides is 1. The summed E-state index contributed by atoms with van der Waals surface area (Å²) in [5.41, 5.74) is -0.205. The van der Waals surface area contributed by atoms with Gasteiger partial charge in [0.05, 0.1) is 24.7 Å². The summed E-state index contributed by atoms with van der Waals surface area (Å²) in [6.45, 7) is 1.92. The van der Waals surface area contributed by atoms with Crippen molar-refractivity contribution >= 4 is 17.6 Å². The molecule has 1 unspecified atom stereocenters. The lowest BCUT2D eigenvalue weighted by Gasteiger charge is -2.23. The standard InChI is InChI=1S/C13H15FN2O4/c14-11-5-8(1-2-10(11)13(18)19)16-12(17)6-9-7-15-3-4-20-9/h1-2,5,9,15H,3-4,6-7H2,(H,16,17)(H,18,19). The molecule has 3 N–H and O–H groups in total. The maximum atomic E-state index is 13.4. The number of rotatable bonds is 4. The average molecular weight is 282 g/mol. The van der Waals surface area contributed by atoms with E-state index < -0.39 is 17.3 Å². The monoisotopic (exact) mass is 282 g/mol. The Bertz CT molecular complexity index is 515. The second kappa shape index (κ2) is 6.44. The van der Waals surface area contributed by atoms with Gasteiger partial charge in [0.25, 0.3) is 0 Å². The molecule has 6 nitrogen and oxygen atoms in total. The first-order valence-corrected chi connectivity index (χ1v) is 6.21. The van der Waals surface area contributed by atoms with Crippen LogP contribution in [0.1, 0.15) is 16.8 Å². The zero-order valence-corrected chi connectivity index (χ0v) is 10.7. The molecule has 0 saturated carbocycles. The van der Waals surface area contributed by atoms with Gasteiger partial charge in [-0.3, -0.25) is 4.79 Å². The largest absolute Gasteiger partial charge is 0.478 e. The first-order chi connectivity index (χ1) is 9.56. The molecule has 7 heteroatoms. The van der Waals surface area contributed by atoms with Crippen LogP contribution in [0.4, 0.5) is 10.1 Å². The predicted octanol–water partition coefficient (Wildman–Crippen LogP) is 0.841. The van der Waals surface area contributed by atoms with E-state index in [0.29, 0.717) is 13.2 Å². The minimum absolute atomic E-state index is 0.162. The van der Waals surface area contributed by atoms with Crippen LogP contribution in [0.3, 0.4) is 0 Å². The van der Waals surface area contributed by atoms with Gasteiger partial charge >= 0.3 is 5.97 Å². The van der Waals surface area contributed by atoms with Crippen molar-refractivity contribution in [3.05, 3.63) is 29.6 Å². The molecular weight excluding hydrogens is 267 g/mol. The van der Waals surface area contributed by atoms with Crippen LogP contribution in [0.15, 0.2) is 18.2 Å². The second-order valence-corrected chi connectivity index (χ2v) is 4.45. The highest BCUT2D eigenvalue weighted by molar-refractivity contribution is 5.92. The molecule has 1 fully saturated rings. The second-order valence-electron chi connectivity index (χ2n) is 4.45. The Morgan fingerprint density at radius 1 is 1.50 bits per heavy atom. The van der Waals surface area contributed by atoms with Gasteiger partial charge in [-0.2, -0.15) is 0 Å². The minimum atomic E-state index is -1.35. The molecule has 108 valence electrons. The van der Waals surface area contributed by atoms with E-state index in [9.17, 15) is 14.0 Å². The van der Waals surface area contributed by atoms with Crippen molar-refractivity contribution in [3.8, 4) is 0 Å². The lowest BCUT2D eigenvalue weighted by Crippen LogP contribution is -2.40. The maximum Gasteiger partial charge on any atom is 0.338 e. The Morgan fingerprint density at radius 3 is 2.90 bits per heavy atom. The SMILES string of the molecule is O=C(CC1CNCCO1)Nc1ccc(C(=O)O)c(F)c1. The molecule has 0 radical (unpaired) electrons. The molecule has 1 aliphatic heterocycles. The van der Waals surface area contributed by atoms with E-state index in [0.717, 1.165) is 18.7 Å². The molecule has 1 aliphatic rings. The first kappa shape index (κ1) is 14.4. The van der Waals surface area contributed by atoms with Gasteiger partial charge in [0, 0.05) is 18.8 Å². The van der Waals surface area contributed by atoms with E-state index in [-0.39, 0.29) is 24.1 Å². The summed E-state index contributed by atoms with van der Waals surface area (Å²) < 4.78 is 18.8. The molecule has 1 saturated heterocycles. The Morgan fingerprint density at radius 2 is 2.30 bits per heavy atom. The van der Waals surface area contributed by atoms with Gasteiger partial charge in [0.1, 0.15) is 5.82 Å². The van der Waals surface area contributed by atoms with E-state index in [2.05, 4.69) is 10.6 Å². The molecule has 20 heavy (non-hydrogen) atoms. The van der Waals surface area contributed by atoms with Gasteiger partial charge in [-0.05, 0) is 18.2 Å². The molecule has 1 aromatic carbocycles. The summed E-state index contributed by atoms with van der Waals surface area (Å²) in [6.07, 6.45) is -0.0399. The van der Waals surface area contributed by atoms with Gasteiger partial charge in [-0.25, -0.2) is 9.18 Å². The molecule has 1 aromatic rings. The van der Waals surface area contributed by atoms with Crippen molar-refractivity contribution in [3.63, 3.8) is 0 Å². The lowest BCUT2D eigenvalue weighted by atomic mass is 10.1.